The Kier molecular flexibility index (Phi) is 9.23. The van der Waals surface area contributed by atoms with Crippen molar-refractivity contribution >= 4 is 94.2 Å². The summed E-state index contributed by atoms with van der Waals surface area (Å²) in [5, 5.41) is 12.7. The summed E-state index contributed by atoms with van der Waals surface area (Å²) in [4.78, 5) is 0. The van der Waals surface area contributed by atoms with Gasteiger partial charge in [0.1, 0.15) is 0 Å². The van der Waals surface area contributed by atoms with Crippen molar-refractivity contribution in [2.24, 2.45) is 0 Å². The molecule has 0 radical (unpaired) electrons. The number of nitrogens with zero attached hydrogens (tertiary/aromatic N) is 3. The number of benzene rings is 11. The minimum absolute atomic E-state index is 1.12. The second-order valence-electron chi connectivity index (χ2n) is 18.4. The zero-order chi connectivity index (χ0) is 46.2. The molecule has 0 N–H and O–H groups in total. The molecule has 0 unspecified atom stereocenters. The molecule has 11 aromatic carbocycles. The molecule has 3 aromatic heterocycles. The molecule has 0 bridgehead atoms. The van der Waals surface area contributed by atoms with Crippen LogP contribution in [0, 0.1) is 0 Å². The largest absolute Gasteiger partial charge is 0.309 e. The third-order valence-corrected chi connectivity index (χ3v) is 19.6. The van der Waals surface area contributed by atoms with Crippen LogP contribution in [0.4, 0.5) is 0 Å². The summed E-state index contributed by atoms with van der Waals surface area (Å²) in [5.41, 5.74) is 12.9. The molecule has 4 heteroatoms. The SMILES string of the molecule is c1ccc(-c2ccc(-n3c4ccccc4c4cccc(-n5c6cc([Si](c7ccccc7)(c7ccccc7)c7ccccc7)ccc6c6c(-n7c8ccccc8c8ccccc87)cccc65)c43)cc2)cc1. The number of fused-ring (bicyclic) bond motifs is 9. The van der Waals surface area contributed by atoms with E-state index in [-0.39, 0.29) is 0 Å². The molecule has 0 saturated carbocycles. The average molecular weight is 908 g/mol. The lowest BCUT2D eigenvalue weighted by Crippen LogP contribution is -2.74. The van der Waals surface area contributed by atoms with Crippen molar-refractivity contribution < 1.29 is 0 Å². The second-order valence-corrected chi connectivity index (χ2v) is 22.2. The Hall–Kier alpha value is -8.96. The maximum absolute atomic E-state index is 2.93. The van der Waals surface area contributed by atoms with Crippen molar-refractivity contribution in [3.05, 3.63) is 273 Å². The molecule has 0 saturated heterocycles. The zero-order valence-electron chi connectivity index (χ0n) is 38.3. The van der Waals surface area contributed by atoms with E-state index in [1.165, 1.54) is 91.8 Å². The second kappa shape index (κ2) is 16.1. The molecule has 0 aliphatic rings. The number of para-hydroxylation sites is 4. The molecule has 3 nitrogen and oxygen atoms in total. The van der Waals surface area contributed by atoms with E-state index in [1.54, 1.807) is 0 Å². The standard InChI is InChI=1S/C66H45N3Si/c1-5-21-46(22-6-1)47-39-41-48(42-40-47)67-58-33-16-15-31-55(58)56-32-19-38-63(66(56)67)69-62-37-20-36-61(68-59-34-17-13-29-53(59)54-30-14-18-35-60(54)68)65(62)57-44-43-52(45-64(57)69)70(49-23-7-2-8-24-49,50-25-9-3-10-26-50)51-27-11-4-12-28-51/h1-45H. The molecule has 14 aromatic rings. The molecule has 0 spiro atoms. The minimum Gasteiger partial charge on any atom is -0.309 e. The maximum atomic E-state index is 2.59. The first-order chi connectivity index (χ1) is 34.8. The normalized spacial score (nSPS) is 12.0. The Bertz CT molecular complexity index is 4110. The van der Waals surface area contributed by atoms with Gasteiger partial charge in [0.05, 0.1) is 44.5 Å². The Balaban J connectivity index is 1.14. The number of aromatic nitrogens is 3. The fourth-order valence-electron chi connectivity index (χ4n) is 11.9. The Labute approximate surface area is 407 Å². The molecule has 0 atom stereocenters. The summed E-state index contributed by atoms with van der Waals surface area (Å²) in [6.07, 6.45) is 0. The lowest BCUT2D eigenvalue weighted by molar-refractivity contribution is 1.13. The van der Waals surface area contributed by atoms with Gasteiger partial charge in [-0.2, -0.15) is 0 Å². The first kappa shape index (κ1) is 40.1. The first-order valence-corrected chi connectivity index (χ1v) is 26.2. The molecule has 0 aliphatic carbocycles. The third kappa shape index (κ3) is 5.94. The zero-order valence-corrected chi connectivity index (χ0v) is 39.3. The van der Waals surface area contributed by atoms with Crippen LogP contribution in [0.15, 0.2) is 273 Å². The van der Waals surface area contributed by atoms with Gasteiger partial charge in [-0.05, 0) is 86.5 Å². The van der Waals surface area contributed by atoms with E-state index in [0.717, 1.165) is 22.6 Å². The lowest BCUT2D eigenvalue weighted by atomic mass is 10.1. The van der Waals surface area contributed by atoms with E-state index in [2.05, 4.69) is 287 Å². The van der Waals surface area contributed by atoms with Gasteiger partial charge in [-0.1, -0.05) is 218 Å². The van der Waals surface area contributed by atoms with Gasteiger partial charge < -0.3 is 13.7 Å². The van der Waals surface area contributed by atoms with Crippen LogP contribution in [-0.4, -0.2) is 21.8 Å². The van der Waals surface area contributed by atoms with Crippen LogP contribution in [0.1, 0.15) is 0 Å². The molecule has 14 rings (SSSR count). The summed E-state index contributed by atoms with van der Waals surface area (Å²) >= 11 is 0. The van der Waals surface area contributed by atoms with Gasteiger partial charge >= 0.3 is 0 Å². The summed E-state index contributed by atoms with van der Waals surface area (Å²) in [6, 6.07) is 101. The predicted octanol–water partition coefficient (Wildman–Crippen LogP) is 14.0. The average Bonchev–Trinajstić information content (AvgIpc) is 4.08. The van der Waals surface area contributed by atoms with E-state index in [1.807, 2.05) is 0 Å². The highest BCUT2D eigenvalue weighted by Crippen LogP contribution is 2.43. The van der Waals surface area contributed by atoms with Crippen LogP contribution in [0.5, 0.6) is 0 Å². The lowest BCUT2D eigenvalue weighted by Gasteiger charge is -2.34. The summed E-state index contributed by atoms with van der Waals surface area (Å²) < 4.78 is 7.57. The smallest absolute Gasteiger partial charge is 0.179 e. The Morgan fingerprint density at radius 3 is 1.26 bits per heavy atom. The monoisotopic (exact) mass is 907 g/mol. The Morgan fingerprint density at radius 2 is 0.671 bits per heavy atom. The Morgan fingerprint density at radius 1 is 0.243 bits per heavy atom. The number of hydrogen-bond donors (Lipinski definition) is 0. The van der Waals surface area contributed by atoms with E-state index in [4.69, 9.17) is 0 Å². The fourth-order valence-corrected chi connectivity index (χ4v) is 16.6. The highest BCUT2D eigenvalue weighted by atomic mass is 28.3. The van der Waals surface area contributed by atoms with Crippen molar-refractivity contribution in [1.29, 1.82) is 0 Å². The molecule has 0 fully saturated rings. The fraction of sp³-hybridized carbons (Fsp3) is 0. The quantitative estimate of drug-likeness (QED) is 0.107. The van der Waals surface area contributed by atoms with E-state index >= 15 is 0 Å². The summed E-state index contributed by atoms with van der Waals surface area (Å²) in [5.74, 6) is 0. The van der Waals surface area contributed by atoms with Gasteiger partial charge in [0.15, 0.2) is 8.07 Å². The van der Waals surface area contributed by atoms with E-state index in [0.29, 0.717) is 0 Å². The maximum Gasteiger partial charge on any atom is 0.179 e. The van der Waals surface area contributed by atoms with Gasteiger partial charge in [0.25, 0.3) is 0 Å². The van der Waals surface area contributed by atoms with Crippen molar-refractivity contribution in [3.8, 4) is 28.2 Å². The van der Waals surface area contributed by atoms with Crippen molar-refractivity contribution in [3.63, 3.8) is 0 Å². The molecular weight excluding hydrogens is 863 g/mol. The van der Waals surface area contributed by atoms with Gasteiger partial charge in [-0.3, -0.25) is 0 Å². The van der Waals surface area contributed by atoms with Gasteiger partial charge in [-0.15, -0.1) is 0 Å². The molecule has 328 valence electrons. The van der Waals surface area contributed by atoms with Crippen LogP contribution in [0.3, 0.4) is 0 Å². The molecule has 0 aliphatic heterocycles. The van der Waals surface area contributed by atoms with Crippen molar-refractivity contribution in [1.82, 2.24) is 13.7 Å². The summed E-state index contributed by atoms with van der Waals surface area (Å²) in [6.45, 7) is 0. The topological polar surface area (TPSA) is 14.8 Å². The summed E-state index contributed by atoms with van der Waals surface area (Å²) in [7, 11) is -2.93. The predicted molar refractivity (Wildman–Crippen MR) is 299 cm³/mol. The number of rotatable bonds is 8. The van der Waals surface area contributed by atoms with Gasteiger partial charge in [-0.25, -0.2) is 0 Å². The number of hydrogen-bond acceptors (Lipinski definition) is 0. The molecule has 3 heterocycles. The van der Waals surface area contributed by atoms with Crippen molar-refractivity contribution in [2.45, 2.75) is 0 Å². The molecular formula is C66H45N3Si. The van der Waals surface area contributed by atoms with Crippen LogP contribution in [0.25, 0.3) is 93.6 Å². The minimum atomic E-state index is -2.93. The van der Waals surface area contributed by atoms with Crippen LogP contribution < -0.4 is 20.7 Å². The first-order valence-electron chi connectivity index (χ1n) is 24.2. The van der Waals surface area contributed by atoms with E-state index in [9.17, 15) is 0 Å². The van der Waals surface area contributed by atoms with Crippen LogP contribution in [-0.2, 0) is 0 Å². The van der Waals surface area contributed by atoms with Crippen molar-refractivity contribution in [2.75, 3.05) is 0 Å². The highest BCUT2D eigenvalue weighted by molar-refractivity contribution is 7.20. The van der Waals surface area contributed by atoms with Crippen LogP contribution in [0.2, 0.25) is 0 Å². The van der Waals surface area contributed by atoms with Gasteiger partial charge in [0.2, 0.25) is 0 Å². The van der Waals surface area contributed by atoms with E-state index < -0.39 is 8.07 Å². The van der Waals surface area contributed by atoms with Crippen LogP contribution >= 0.6 is 0 Å². The molecule has 70 heavy (non-hydrogen) atoms. The molecule has 0 amide bonds. The third-order valence-electron chi connectivity index (χ3n) is 14.8. The highest BCUT2D eigenvalue weighted by Gasteiger charge is 2.42. The van der Waals surface area contributed by atoms with Gasteiger partial charge in [0, 0.05) is 38.0 Å².